The van der Waals surface area contributed by atoms with Gasteiger partial charge in [-0.15, -0.1) is 0 Å². The van der Waals surface area contributed by atoms with Crippen LogP contribution in [-0.2, 0) is 13.1 Å². The fourth-order valence-corrected chi connectivity index (χ4v) is 2.94. The van der Waals surface area contributed by atoms with Gasteiger partial charge >= 0.3 is 0 Å². The fraction of sp³-hybridized carbons (Fsp3) is 0.368. The molecule has 5 nitrogen and oxygen atoms in total. The summed E-state index contributed by atoms with van der Waals surface area (Å²) in [6, 6.07) is 12.3. The van der Waals surface area contributed by atoms with Crippen LogP contribution in [0.15, 0.2) is 36.4 Å². The lowest BCUT2D eigenvalue weighted by atomic mass is 10.2. The van der Waals surface area contributed by atoms with Crippen molar-refractivity contribution in [1.29, 1.82) is 0 Å². The number of hydrogen-bond acceptors (Lipinski definition) is 4. The molecule has 1 aromatic carbocycles. The van der Waals surface area contributed by atoms with E-state index >= 15 is 0 Å². The highest BCUT2D eigenvalue weighted by Gasteiger charge is 2.07. The molecule has 0 fully saturated rings. The van der Waals surface area contributed by atoms with Crippen molar-refractivity contribution in [1.82, 2.24) is 19.7 Å². The van der Waals surface area contributed by atoms with Crippen molar-refractivity contribution in [3.63, 3.8) is 0 Å². The largest absolute Gasteiger partial charge is 0.494 e. The van der Waals surface area contributed by atoms with Crippen LogP contribution in [0.4, 0.5) is 0 Å². The summed E-state index contributed by atoms with van der Waals surface area (Å²) >= 11 is 0. The molecule has 0 saturated carbocycles. The van der Waals surface area contributed by atoms with Crippen molar-refractivity contribution in [3.8, 4) is 5.75 Å². The average Bonchev–Trinajstić information content (AvgIpc) is 2.90. The lowest BCUT2D eigenvalue weighted by Gasteiger charge is -2.17. The molecule has 0 amide bonds. The second kappa shape index (κ2) is 7.01. The molecule has 0 atom stereocenters. The molecule has 5 heteroatoms. The molecule has 0 bridgehead atoms. The molecule has 2 aromatic heterocycles. The topological polar surface area (TPSA) is 43.2 Å². The van der Waals surface area contributed by atoms with Crippen LogP contribution >= 0.6 is 0 Å². The molecule has 0 N–H and O–H groups in total. The molecule has 126 valence electrons. The molecule has 0 radical (unpaired) electrons. The van der Waals surface area contributed by atoms with Crippen LogP contribution in [0.25, 0.3) is 10.9 Å². The summed E-state index contributed by atoms with van der Waals surface area (Å²) in [6.45, 7) is 6.73. The Bertz CT molecular complexity index is 840. The number of benzene rings is 1. The number of aromatic nitrogens is 3. The highest BCUT2D eigenvalue weighted by atomic mass is 16.5. The Morgan fingerprint density at radius 2 is 2.00 bits per heavy atom. The number of hydrogen-bond donors (Lipinski definition) is 0. The summed E-state index contributed by atoms with van der Waals surface area (Å²) in [6.07, 6.45) is 0. The van der Waals surface area contributed by atoms with Crippen LogP contribution in [-0.4, -0.2) is 40.4 Å². The minimum atomic E-state index is 0.799. The predicted molar refractivity (Wildman–Crippen MR) is 96.3 cm³/mol. The van der Waals surface area contributed by atoms with Crippen molar-refractivity contribution >= 4 is 10.9 Å². The maximum atomic E-state index is 5.42. The van der Waals surface area contributed by atoms with Gasteiger partial charge in [-0.2, -0.15) is 5.10 Å². The highest BCUT2D eigenvalue weighted by molar-refractivity contribution is 5.84. The highest BCUT2D eigenvalue weighted by Crippen LogP contribution is 2.23. The number of aryl methyl sites for hydroxylation is 2. The SMILES string of the molecule is COc1cccc2ccc(CN(C)CCn3nc(C)cc3C)nc12. The Morgan fingerprint density at radius 1 is 1.17 bits per heavy atom. The third-order valence-electron chi connectivity index (χ3n) is 4.19. The summed E-state index contributed by atoms with van der Waals surface area (Å²) in [5, 5.41) is 5.61. The van der Waals surface area contributed by atoms with Crippen molar-refractivity contribution < 1.29 is 4.74 Å². The molecule has 0 aliphatic heterocycles. The summed E-state index contributed by atoms with van der Waals surface area (Å²) in [5.41, 5.74) is 4.24. The van der Waals surface area contributed by atoms with Crippen LogP contribution in [0.1, 0.15) is 17.1 Å². The third-order valence-corrected chi connectivity index (χ3v) is 4.19. The quantitative estimate of drug-likeness (QED) is 0.698. The number of rotatable bonds is 6. The van der Waals surface area contributed by atoms with Crippen molar-refractivity contribution in [3.05, 3.63) is 53.5 Å². The number of likely N-dealkylation sites (N-methyl/N-ethyl adjacent to an activating group) is 1. The first kappa shape index (κ1) is 16.5. The summed E-state index contributed by atoms with van der Waals surface area (Å²) in [4.78, 5) is 7.04. The van der Waals surface area contributed by atoms with Crippen LogP contribution in [0.2, 0.25) is 0 Å². The zero-order chi connectivity index (χ0) is 17.1. The van der Waals surface area contributed by atoms with E-state index in [0.29, 0.717) is 0 Å². The lowest BCUT2D eigenvalue weighted by molar-refractivity contribution is 0.300. The molecule has 3 aromatic rings. The van der Waals surface area contributed by atoms with Gasteiger partial charge < -0.3 is 4.74 Å². The number of pyridine rings is 1. The van der Waals surface area contributed by atoms with E-state index in [0.717, 1.165) is 47.7 Å². The van der Waals surface area contributed by atoms with E-state index in [1.165, 1.54) is 5.69 Å². The molecule has 3 rings (SSSR count). The number of para-hydroxylation sites is 1. The van der Waals surface area contributed by atoms with Gasteiger partial charge in [-0.25, -0.2) is 4.98 Å². The van der Waals surface area contributed by atoms with Gasteiger partial charge in [-0.05, 0) is 39.1 Å². The molecule has 0 spiro atoms. The maximum absolute atomic E-state index is 5.42. The average molecular weight is 324 g/mol. The van der Waals surface area contributed by atoms with Gasteiger partial charge in [0.25, 0.3) is 0 Å². The molecule has 0 unspecified atom stereocenters. The molecular weight excluding hydrogens is 300 g/mol. The van der Waals surface area contributed by atoms with E-state index in [4.69, 9.17) is 9.72 Å². The van der Waals surface area contributed by atoms with Crippen LogP contribution in [0.3, 0.4) is 0 Å². The van der Waals surface area contributed by atoms with Gasteiger partial charge in [0.15, 0.2) is 0 Å². The van der Waals surface area contributed by atoms with Gasteiger partial charge in [-0.1, -0.05) is 18.2 Å². The molecule has 0 saturated heterocycles. The van der Waals surface area contributed by atoms with Gasteiger partial charge in [0.1, 0.15) is 11.3 Å². The van der Waals surface area contributed by atoms with Crippen LogP contribution < -0.4 is 4.74 Å². The first-order valence-electron chi connectivity index (χ1n) is 8.19. The zero-order valence-electron chi connectivity index (χ0n) is 14.8. The molecule has 0 aliphatic rings. The Labute approximate surface area is 142 Å². The van der Waals surface area contributed by atoms with Gasteiger partial charge in [-0.3, -0.25) is 9.58 Å². The monoisotopic (exact) mass is 324 g/mol. The predicted octanol–water partition coefficient (Wildman–Crippen LogP) is 3.19. The van der Waals surface area contributed by atoms with E-state index in [1.54, 1.807) is 7.11 Å². The van der Waals surface area contributed by atoms with E-state index in [-0.39, 0.29) is 0 Å². The Morgan fingerprint density at radius 3 is 2.71 bits per heavy atom. The van der Waals surface area contributed by atoms with E-state index in [1.807, 2.05) is 19.1 Å². The smallest absolute Gasteiger partial charge is 0.145 e. The van der Waals surface area contributed by atoms with Crippen LogP contribution in [0, 0.1) is 13.8 Å². The number of ether oxygens (including phenoxy) is 1. The first-order chi connectivity index (χ1) is 11.6. The Balaban J connectivity index is 1.68. The van der Waals surface area contributed by atoms with E-state index in [2.05, 4.69) is 52.9 Å². The Hall–Kier alpha value is -2.40. The second-order valence-corrected chi connectivity index (χ2v) is 6.22. The molecule has 0 aliphatic carbocycles. The lowest BCUT2D eigenvalue weighted by Crippen LogP contribution is -2.24. The van der Waals surface area contributed by atoms with Crippen molar-refractivity contribution in [2.24, 2.45) is 0 Å². The summed E-state index contributed by atoms with van der Waals surface area (Å²) in [7, 11) is 3.80. The normalized spacial score (nSPS) is 11.4. The van der Waals surface area contributed by atoms with Gasteiger partial charge in [0.05, 0.1) is 25.0 Å². The van der Waals surface area contributed by atoms with Gasteiger partial charge in [0.2, 0.25) is 0 Å². The van der Waals surface area contributed by atoms with Crippen LogP contribution in [0.5, 0.6) is 5.75 Å². The van der Waals surface area contributed by atoms with Crippen molar-refractivity contribution in [2.45, 2.75) is 26.9 Å². The van der Waals surface area contributed by atoms with Crippen molar-refractivity contribution in [2.75, 3.05) is 20.7 Å². The Kier molecular flexibility index (Phi) is 4.81. The number of fused-ring (bicyclic) bond motifs is 1. The summed E-state index contributed by atoms with van der Waals surface area (Å²) in [5.74, 6) is 0.819. The minimum Gasteiger partial charge on any atom is -0.494 e. The minimum absolute atomic E-state index is 0.799. The number of nitrogens with zero attached hydrogens (tertiary/aromatic N) is 4. The van der Waals surface area contributed by atoms with Gasteiger partial charge in [0, 0.05) is 24.2 Å². The zero-order valence-corrected chi connectivity index (χ0v) is 14.8. The summed E-state index contributed by atoms with van der Waals surface area (Å²) < 4.78 is 7.48. The third kappa shape index (κ3) is 3.57. The molecular formula is C19H24N4O. The fourth-order valence-electron chi connectivity index (χ4n) is 2.94. The second-order valence-electron chi connectivity index (χ2n) is 6.22. The maximum Gasteiger partial charge on any atom is 0.145 e. The van der Waals surface area contributed by atoms with E-state index < -0.39 is 0 Å². The molecule has 24 heavy (non-hydrogen) atoms. The molecule has 2 heterocycles. The van der Waals surface area contributed by atoms with E-state index in [9.17, 15) is 0 Å². The first-order valence-corrected chi connectivity index (χ1v) is 8.19. The number of methoxy groups -OCH3 is 1. The standard InChI is InChI=1S/C19H24N4O/c1-14-12-15(2)23(21-14)11-10-22(3)13-17-9-8-16-6-5-7-18(24-4)19(16)20-17/h5-9,12H,10-11,13H2,1-4H3.